The predicted molar refractivity (Wildman–Crippen MR) is 94.1 cm³/mol. The number of ether oxygens (including phenoxy) is 1. The minimum Gasteiger partial charge on any atom is -0.378 e. The molecule has 2 aliphatic heterocycles. The van der Waals surface area contributed by atoms with E-state index >= 15 is 0 Å². The van der Waals surface area contributed by atoms with Crippen LogP contribution in [0.1, 0.15) is 5.01 Å². The summed E-state index contributed by atoms with van der Waals surface area (Å²) in [5.41, 5.74) is 0. The molecule has 0 aromatic carbocycles. The fourth-order valence-corrected chi connectivity index (χ4v) is 3.71. The van der Waals surface area contributed by atoms with Crippen LogP contribution in [0.5, 0.6) is 0 Å². The maximum Gasteiger partial charge on any atom is 0.227 e. The smallest absolute Gasteiger partial charge is 0.227 e. The van der Waals surface area contributed by atoms with E-state index in [1.165, 1.54) is 0 Å². The molecule has 2 aromatic rings. The molecule has 24 heavy (non-hydrogen) atoms. The molecule has 0 saturated carbocycles. The molecule has 0 atom stereocenters. The molecule has 0 unspecified atom stereocenters. The summed E-state index contributed by atoms with van der Waals surface area (Å²) in [7, 11) is 0. The normalized spacial score (nSPS) is 19.0. The van der Waals surface area contributed by atoms with Crippen molar-refractivity contribution in [2.24, 2.45) is 0 Å². The Morgan fingerprint density at radius 3 is 2.42 bits per heavy atom. The molecule has 4 rings (SSSR count). The van der Waals surface area contributed by atoms with Crippen molar-refractivity contribution in [1.29, 1.82) is 0 Å². The Balaban J connectivity index is 1.42. The van der Waals surface area contributed by atoms with Crippen molar-refractivity contribution in [1.82, 2.24) is 20.2 Å². The minimum absolute atomic E-state index is 0.763. The van der Waals surface area contributed by atoms with Gasteiger partial charge in [0.25, 0.3) is 0 Å². The number of morpholine rings is 1. The second-order valence-corrected chi connectivity index (χ2v) is 7.05. The highest BCUT2D eigenvalue weighted by Gasteiger charge is 2.22. The van der Waals surface area contributed by atoms with Gasteiger partial charge in [-0.3, -0.25) is 0 Å². The fraction of sp³-hybridized carbons (Fsp3) is 0.600. The van der Waals surface area contributed by atoms with E-state index in [1.54, 1.807) is 11.3 Å². The number of aromatic nitrogens is 4. The Bertz CT molecular complexity index is 680. The van der Waals surface area contributed by atoms with Crippen LogP contribution < -0.4 is 14.7 Å². The van der Waals surface area contributed by atoms with Crippen LogP contribution in [0, 0.1) is 6.92 Å². The van der Waals surface area contributed by atoms with E-state index in [9.17, 15) is 0 Å². The van der Waals surface area contributed by atoms with E-state index in [2.05, 4.69) is 29.9 Å². The van der Waals surface area contributed by atoms with Crippen LogP contribution in [0.15, 0.2) is 12.3 Å². The van der Waals surface area contributed by atoms with Gasteiger partial charge >= 0.3 is 0 Å². The van der Waals surface area contributed by atoms with Crippen LogP contribution in [-0.2, 0) is 4.74 Å². The quantitative estimate of drug-likeness (QED) is 0.807. The summed E-state index contributed by atoms with van der Waals surface area (Å²) in [5.74, 6) is 1.80. The monoisotopic (exact) mass is 347 g/mol. The van der Waals surface area contributed by atoms with Crippen molar-refractivity contribution in [2.75, 3.05) is 67.2 Å². The Morgan fingerprint density at radius 2 is 1.71 bits per heavy atom. The summed E-state index contributed by atoms with van der Waals surface area (Å²) >= 11 is 1.65. The second kappa shape index (κ2) is 6.86. The number of piperazine rings is 1. The Hall–Kier alpha value is -2.00. The first kappa shape index (κ1) is 15.5. The molecule has 2 saturated heterocycles. The first-order valence-electron chi connectivity index (χ1n) is 8.25. The van der Waals surface area contributed by atoms with Gasteiger partial charge in [0.1, 0.15) is 10.8 Å². The maximum atomic E-state index is 5.41. The number of hydrogen-bond donors (Lipinski definition) is 0. The van der Waals surface area contributed by atoms with Crippen molar-refractivity contribution in [2.45, 2.75) is 6.92 Å². The lowest BCUT2D eigenvalue weighted by Crippen LogP contribution is -2.47. The van der Waals surface area contributed by atoms with Crippen LogP contribution in [0.4, 0.5) is 16.9 Å². The van der Waals surface area contributed by atoms with Gasteiger partial charge in [-0.15, -0.1) is 10.2 Å². The number of aryl methyl sites for hydroxylation is 1. The molecule has 2 aliphatic rings. The van der Waals surface area contributed by atoms with Crippen LogP contribution in [0.3, 0.4) is 0 Å². The summed E-state index contributed by atoms with van der Waals surface area (Å²) in [6, 6.07) is 1.98. The molecule has 2 aromatic heterocycles. The van der Waals surface area contributed by atoms with Crippen molar-refractivity contribution in [3.8, 4) is 0 Å². The molecule has 0 amide bonds. The van der Waals surface area contributed by atoms with Crippen LogP contribution >= 0.6 is 11.3 Å². The molecule has 4 heterocycles. The minimum atomic E-state index is 0.763. The second-order valence-electron chi connectivity index (χ2n) is 5.89. The average Bonchev–Trinajstić information content (AvgIpc) is 3.09. The number of rotatable bonds is 3. The van der Waals surface area contributed by atoms with Crippen molar-refractivity contribution < 1.29 is 4.74 Å². The predicted octanol–water partition coefficient (Wildman–Crippen LogP) is 0.800. The Kier molecular flexibility index (Phi) is 4.44. The zero-order chi connectivity index (χ0) is 16.4. The number of anilines is 3. The van der Waals surface area contributed by atoms with Gasteiger partial charge < -0.3 is 19.4 Å². The summed E-state index contributed by atoms with van der Waals surface area (Å²) in [6.07, 6.45) is 1.85. The van der Waals surface area contributed by atoms with Crippen molar-refractivity contribution >= 4 is 28.2 Å². The maximum absolute atomic E-state index is 5.41. The number of nitrogens with zero attached hydrogens (tertiary/aromatic N) is 7. The highest BCUT2D eigenvalue weighted by Crippen LogP contribution is 2.22. The molecule has 9 heteroatoms. The summed E-state index contributed by atoms with van der Waals surface area (Å²) in [5, 5.41) is 10.4. The van der Waals surface area contributed by atoms with Crippen LogP contribution in [0.25, 0.3) is 0 Å². The lowest BCUT2D eigenvalue weighted by Gasteiger charge is -2.35. The van der Waals surface area contributed by atoms with Gasteiger partial charge in [0.05, 0.1) is 13.2 Å². The van der Waals surface area contributed by atoms with Gasteiger partial charge in [-0.25, -0.2) is 4.98 Å². The van der Waals surface area contributed by atoms with E-state index in [-0.39, 0.29) is 0 Å². The molecule has 128 valence electrons. The van der Waals surface area contributed by atoms with E-state index in [0.29, 0.717) is 0 Å². The molecule has 2 fully saturated rings. The van der Waals surface area contributed by atoms with E-state index in [0.717, 1.165) is 74.4 Å². The molecular weight excluding hydrogens is 326 g/mol. The molecule has 0 bridgehead atoms. The number of hydrogen-bond acceptors (Lipinski definition) is 9. The van der Waals surface area contributed by atoms with Gasteiger partial charge in [0.2, 0.25) is 11.1 Å². The molecule has 8 nitrogen and oxygen atoms in total. The molecule has 0 N–H and O–H groups in total. The van der Waals surface area contributed by atoms with Gasteiger partial charge in [-0.05, 0) is 13.0 Å². The standard InChI is InChI=1S/C15H21N7OS/c1-12-18-19-15(24-12)22-6-4-21(5-7-22)14-16-3-2-13(17-14)20-8-10-23-11-9-20/h2-3H,4-11H2,1H3. The first-order valence-corrected chi connectivity index (χ1v) is 9.07. The highest BCUT2D eigenvalue weighted by molar-refractivity contribution is 7.15. The molecule has 0 aliphatic carbocycles. The zero-order valence-corrected chi connectivity index (χ0v) is 14.6. The summed E-state index contributed by atoms with van der Waals surface area (Å²) < 4.78 is 5.41. The Labute approximate surface area is 145 Å². The van der Waals surface area contributed by atoms with E-state index in [4.69, 9.17) is 9.72 Å². The fourth-order valence-electron chi connectivity index (χ4n) is 2.97. The zero-order valence-electron chi connectivity index (χ0n) is 13.8. The largest absolute Gasteiger partial charge is 0.378 e. The van der Waals surface area contributed by atoms with E-state index in [1.807, 2.05) is 19.2 Å². The topological polar surface area (TPSA) is 70.5 Å². The third-order valence-electron chi connectivity index (χ3n) is 4.31. The highest BCUT2D eigenvalue weighted by atomic mass is 32.1. The third kappa shape index (κ3) is 3.27. The average molecular weight is 347 g/mol. The summed E-state index contributed by atoms with van der Waals surface area (Å²) in [6.45, 7) is 8.91. The van der Waals surface area contributed by atoms with Crippen LogP contribution in [-0.4, -0.2) is 72.6 Å². The molecule has 0 spiro atoms. The van der Waals surface area contributed by atoms with Gasteiger partial charge in [0.15, 0.2) is 0 Å². The van der Waals surface area contributed by atoms with E-state index < -0.39 is 0 Å². The van der Waals surface area contributed by atoms with Gasteiger partial charge in [0, 0.05) is 45.5 Å². The van der Waals surface area contributed by atoms with Crippen molar-refractivity contribution in [3.05, 3.63) is 17.3 Å². The first-order chi connectivity index (χ1) is 11.8. The Morgan fingerprint density at radius 1 is 0.958 bits per heavy atom. The van der Waals surface area contributed by atoms with Gasteiger partial charge in [-0.2, -0.15) is 4.98 Å². The van der Waals surface area contributed by atoms with Crippen molar-refractivity contribution in [3.63, 3.8) is 0 Å². The lowest BCUT2D eigenvalue weighted by molar-refractivity contribution is 0.122. The SMILES string of the molecule is Cc1nnc(N2CCN(c3nccc(N4CCOCC4)n3)CC2)s1. The van der Waals surface area contributed by atoms with Gasteiger partial charge in [-0.1, -0.05) is 11.3 Å². The lowest BCUT2D eigenvalue weighted by atomic mass is 10.3. The van der Waals surface area contributed by atoms with Crippen LogP contribution in [0.2, 0.25) is 0 Å². The summed E-state index contributed by atoms with van der Waals surface area (Å²) in [4.78, 5) is 16.0. The third-order valence-corrected chi connectivity index (χ3v) is 5.21. The molecule has 0 radical (unpaired) electrons. The molecular formula is C15H21N7OS.